The first-order chi connectivity index (χ1) is 12.3. The van der Waals surface area contributed by atoms with Crippen LogP contribution >= 0.6 is 11.8 Å². The Hall–Kier alpha value is -2.66. The number of rotatable bonds is 2. The summed E-state index contributed by atoms with van der Waals surface area (Å²) in [4.78, 5) is 24.0. The van der Waals surface area contributed by atoms with Crippen LogP contribution in [-0.2, 0) is 0 Å². The van der Waals surface area contributed by atoms with Crippen molar-refractivity contribution < 1.29 is 4.79 Å². The molecule has 2 aromatic carbocycles. The van der Waals surface area contributed by atoms with Crippen LogP contribution in [0.2, 0.25) is 0 Å². The smallest absolute Gasteiger partial charge is 0.278 e. The molecule has 2 heterocycles. The second kappa shape index (κ2) is 7.07. The Morgan fingerprint density at radius 1 is 1.00 bits per heavy atom. The Kier molecular flexibility index (Phi) is 4.48. The van der Waals surface area contributed by atoms with Crippen LogP contribution in [0.1, 0.15) is 16.9 Å². The number of aromatic nitrogens is 1. The molecule has 0 aliphatic carbocycles. The van der Waals surface area contributed by atoms with Crippen molar-refractivity contribution in [3.8, 4) is 0 Å². The highest BCUT2D eigenvalue weighted by Crippen LogP contribution is 2.24. The van der Waals surface area contributed by atoms with Crippen molar-refractivity contribution in [1.29, 1.82) is 0 Å². The van der Waals surface area contributed by atoms with Crippen LogP contribution in [0.5, 0.6) is 0 Å². The lowest BCUT2D eigenvalue weighted by molar-refractivity contribution is 0.0844. The van der Waals surface area contributed by atoms with Crippen LogP contribution in [0.4, 0.5) is 5.69 Å². The SMILES string of the molecule is O=C(c1ccc2ccccc2n1)N1CCCSC1=Nc1ccccc1. The van der Waals surface area contributed by atoms with Crippen molar-refractivity contribution in [1.82, 2.24) is 9.88 Å². The maximum absolute atomic E-state index is 13.0. The second-order valence-corrected chi connectivity index (χ2v) is 6.84. The third kappa shape index (κ3) is 3.42. The molecule has 25 heavy (non-hydrogen) atoms. The third-order valence-electron chi connectivity index (χ3n) is 4.03. The van der Waals surface area contributed by atoms with Crippen molar-refractivity contribution in [2.24, 2.45) is 4.99 Å². The van der Waals surface area contributed by atoms with Gasteiger partial charge in [0.25, 0.3) is 5.91 Å². The zero-order valence-electron chi connectivity index (χ0n) is 13.6. The number of aliphatic imine (C=N–C) groups is 1. The van der Waals surface area contributed by atoms with E-state index in [-0.39, 0.29) is 5.91 Å². The zero-order chi connectivity index (χ0) is 17.1. The number of carbonyl (C=O) groups is 1. The minimum Gasteiger partial charge on any atom is -0.286 e. The number of thioether (sulfide) groups is 1. The molecule has 4 nitrogen and oxygen atoms in total. The van der Waals surface area contributed by atoms with E-state index in [1.54, 1.807) is 22.7 Å². The van der Waals surface area contributed by atoms with Gasteiger partial charge in [-0.2, -0.15) is 0 Å². The second-order valence-electron chi connectivity index (χ2n) is 5.78. The Morgan fingerprint density at radius 2 is 1.80 bits per heavy atom. The molecule has 1 saturated heterocycles. The van der Waals surface area contributed by atoms with Gasteiger partial charge in [-0.1, -0.05) is 54.2 Å². The fourth-order valence-electron chi connectivity index (χ4n) is 2.78. The number of nitrogens with zero attached hydrogens (tertiary/aromatic N) is 3. The molecule has 0 N–H and O–H groups in total. The third-order valence-corrected chi connectivity index (χ3v) is 5.09. The largest absolute Gasteiger partial charge is 0.286 e. The molecule has 1 aliphatic rings. The fourth-order valence-corrected chi connectivity index (χ4v) is 3.73. The van der Waals surface area contributed by atoms with Crippen molar-refractivity contribution >= 4 is 39.4 Å². The lowest BCUT2D eigenvalue weighted by Crippen LogP contribution is -2.39. The molecule has 1 amide bonds. The van der Waals surface area contributed by atoms with E-state index in [0.29, 0.717) is 12.2 Å². The van der Waals surface area contributed by atoms with Gasteiger partial charge in [0.15, 0.2) is 5.17 Å². The highest BCUT2D eigenvalue weighted by atomic mass is 32.2. The summed E-state index contributed by atoms with van der Waals surface area (Å²) < 4.78 is 0. The molecule has 0 atom stereocenters. The van der Waals surface area contributed by atoms with E-state index in [9.17, 15) is 4.79 Å². The van der Waals surface area contributed by atoms with Gasteiger partial charge >= 0.3 is 0 Å². The van der Waals surface area contributed by atoms with Gasteiger partial charge in [-0.25, -0.2) is 9.98 Å². The summed E-state index contributed by atoms with van der Waals surface area (Å²) in [5.41, 5.74) is 2.15. The summed E-state index contributed by atoms with van der Waals surface area (Å²) in [6.45, 7) is 0.673. The minimum atomic E-state index is -0.0902. The molecule has 1 fully saturated rings. The standard InChI is InChI=1S/C20H17N3OS/c24-19(18-12-11-15-7-4-5-10-17(15)22-18)23-13-6-14-25-20(23)21-16-8-2-1-3-9-16/h1-5,7-12H,6,13-14H2. The molecular weight excluding hydrogens is 330 g/mol. The number of carbonyl (C=O) groups excluding carboxylic acids is 1. The minimum absolute atomic E-state index is 0.0902. The Bertz CT molecular complexity index is 940. The average Bonchev–Trinajstić information content (AvgIpc) is 2.68. The van der Waals surface area contributed by atoms with Gasteiger partial charge < -0.3 is 0 Å². The number of hydrogen-bond acceptors (Lipinski definition) is 4. The maximum atomic E-state index is 13.0. The van der Waals surface area contributed by atoms with Crippen molar-refractivity contribution in [2.75, 3.05) is 12.3 Å². The van der Waals surface area contributed by atoms with Crippen LogP contribution in [0.25, 0.3) is 10.9 Å². The molecule has 0 bridgehead atoms. The molecule has 0 unspecified atom stereocenters. The predicted molar refractivity (Wildman–Crippen MR) is 103 cm³/mol. The summed E-state index contributed by atoms with van der Waals surface area (Å²) in [6, 6.07) is 21.3. The number of hydrogen-bond donors (Lipinski definition) is 0. The molecule has 0 spiro atoms. The predicted octanol–water partition coefficient (Wildman–Crippen LogP) is 4.50. The van der Waals surface area contributed by atoms with Crippen molar-refractivity contribution in [3.63, 3.8) is 0 Å². The molecule has 0 radical (unpaired) electrons. The van der Waals surface area contributed by atoms with Gasteiger partial charge in [-0.15, -0.1) is 0 Å². The van der Waals surface area contributed by atoms with E-state index >= 15 is 0 Å². The first-order valence-electron chi connectivity index (χ1n) is 8.25. The average molecular weight is 347 g/mol. The van der Waals surface area contributed by atoms with Gasteiger partial charge in [0.2, 0.25) is 0 Å². The molecule has 3 aromatic rings. The lowest BCUT2D eigenvalue weighted by Gasteiger charge is -2.27. The van der Waals surface area contributed by atoms with Gasteiger partial charge in [-0.3, -0.25) is 9.69 Å². The highest BCUT2D eigenvalue weighted by molar-refractivity contribution is 8.13. The van der Waals surface area contributed by atoms with Gasteiger partial charge in [0.1, 0.15) is 5.69 Å². The number of benzene rings is 2. The number of amides is 1. The number of para-hydroxylation sites is 2. The molecule has 4 rings (SSSR count). The van der Waals surface area contributed by atoms with Crippen molar-refractivity contribution in [3.05, 3.63) is 72.4 Å². The van der Waals surface area contributed by atoms with Crippen LogP contribution in [0, 0.1) is 0 Å². The molecule has 124 valence electrons. The van der Waals surface area contributed by atoms with Crippen LogP contribution in [0.15, 0.2) is 71.7 Å². The first kappa shape index (κ1) is 15.8. The summed E-state index contributed by atoms with van der Waals surface area (Å²) >= 11 is 1.62. The van der Waals surface area contributed by atoms with Crippen molar-refractivity contribution in [2.45, 2.75) is 6.42 Å². The Balaban J connectivity index is 1.67. The Labute approximate surface area is 150 Å². The summed E-state index contributed by atoms with van der Waals surface area (Å²) in [5, 5.41) is 1.78. The van der Waals surface area contributed by atoms with Gasteiger partial charge in [0, 0.05) is 17.7 Å². The van der Waals surface area contributed by atoms with E-state index in [1.165, 1.54) is 0 Å². The van der Waals surface area contributed by atoms with Crippen LogP contribution < -0.4 is 0 Å². The van der Waals surface area contributed by atoms with E-state index in [4.69, 9.17) is 0 Å². The molecule has 1 aliphatic heterocycles. The molecule has 1 aromatic heterocycles. The summed E-state index contributed by atoms with van der Waals surface area (Å²) in [6.07, 6.45) is 0.956. The lowest BCUT2D eigenvalue weighted by atomic mass is 10.2. The van der Waals surface area contributed by atoms with E-state index in [1.807, 2.05) is 60.7 Å². The number of amidine groups is 1. The Morgan fingerprint density at radius 3 is 2.68 bits per heavy atom. The van der Waals surface area contributed by atoms with Gasteiger partial charge in [0.05, 0.1) is 11.2 Å². The van der Waals surface area contributed by atoms with Crippen LogP contribution in [-0.4, -0.2) is 33.3 Å². The van der Waals surface area contributed by atoms with E-state index < -0.39 is 0 Å². The van der Waals surface area contributed by atoms with E-state index in [2.05, 4.69) is 9.98 Å². The normalized spacial score (nSPS) is 16.3. The first-order valence-corrected chi connectivity index (χ1v) is 9.24. The maximum Gasteiger partial charge on any atom is 0.278 e. The topological polar surface area (TPSA) is 45.6 Å². The van der Waals surface area contributed by atoms with Crippen LogP contribution in [0.3, 0.4) is 0 Å². The summed E-state index contributed by atoms with van der Waals surface area (Å²) in [7, 11) is 0. The highest BCUT2D eigenvalue weighted by Gasteiger charge is 2.25. The summed E-state index contributed by atoms with van der Waals surface area (Å²) in [5.74, 6) is 0.883. The van der Waals surface area contributed by atoms with E-state index in [0.717, 1.165) is 33.9 Å². The molecular formula is C20H17N3OS. The number of fused-ring (bicyclic) bond motifs is 1. The van der Waals surface area contributed by atoms with Gasteiger partial charge in [-0.05, 0) is 30.7 Å². The quantitative estimate of drug-likeness (QED) is 0.685. The fraction of sp³-hybridized carbons (Fsp3) is 0.150. The molecule has 5 heteroatoms. The zero-order valence-corrected chi connectivity index (χ0v) is 14.4. The number of pyridine rings is 1. The molecule has 0 saturated carbocycles. The monoisotopic (exact) mass is 347 g/mol.